The number of hydrogen-bond acceptors (Lipinski definition) is 1. The maximum Gasteiger partial charge on any atom is 0.0121 e. The predicted molar refractivity (Wildman–Crippen MR) is 43.0 cm³/mol. The van der Waals surface area contributed by atoms with E-state index in [0.717, 1.165) is 12.0 Å². The molecule has 2 aliphatic rings. The van der Waals surface area contributed by atoms with Crippen LogP contribution in [0, 0.1) is 5.92 Å². The van der Waals surface area contributed by atoms with Gasteiger partial charge in [-0.25, -0.2) is 0 Å². The maximum absolute atomic E-state index is 2.56. The molecule has 0 bridgehead atoms. The molecule has 0 aromatic carbocycles. The van der Waals surface area contributed by atoms with Gasteiger partial charge in [0, 0.05) is 6.04 Å². The van der Waals surface area contributed by atoms with Crippen LogP contribution in [-0.4, -0.2) is 24.5 Å². The summed E-state index contributed by atoms with van der Waals surface area (Å²) in [6, 6.07) is 0.966. The van der Waals surface area contributed by atoms with Crippen molar-refractivity contribution in [2.24, 2.45) is 5.92 Å². The van der Waals surface area contributed by atoms with E-state index in [1.165, 1.54) is 38.6 Å². The van der Waals surface area contributed by atoms with E-state index in [2.05, 4.69) is 11.9 Å². The van der Waals surface area contributed by atoms with Gasteiger partial charge in [0.2, 0.25) is 0 Å². The summed E-state index contributed by atoms with van der Waals surface area (Å²) < 4.78 is 0. The monoisotopic (exact) mass is 139 g/mol. The molecule has 2 fully saturated rings. The summed E-state index contributed by atoms with van der Waals surface area (Å²) in [6.45, 7) is 1.36. The third-order valence-corrected chi connectivity index (χ3v) is 3.29. The first-order valence-electron chi connectivity index (χ1n) is 4.58. The van der Waals surface area contributed by atoms with Gasteiger partial charge in [-0.05, 0) is 38.8 Å². The smallest absolute Gasteiger partial charge is 0.0121 e. The molecule has 0 radical (unpaired) electrons. The van der Waals surface area contributed by atoms with Crippen LogP contribution in [0.2, 0.25) is 0 Å². The van der Waals surface area contributed by atoms with Crippen molar-refractivity contribution < 1.29 is 0 Å². The summed E-state index contributed by atoms with van der Waals surface area (Å²) in [5.41, 5.74) is 0. The minimum Gasteiger partial charge on any atom is -0.303 e. The molecule has 2 rings (SSSR count). The van der Waals surface area contributed by atoms with Crippen LogP contribution in [0.5, 0.6) is 0 Å². The Morgan fingerprint density at radius 2 is 1.90 bits per heavy atom. The van der Waals surface area contributed by atoms with Crippen molar-refractivity contribution in [2.75, 3.05) is 13.6 Å². The molecule has 1 heterocycles. The van der Waals surface area contributed by atoms with E-state index in [1.807, 2.05) is 0 Å². The van der Waals surface area contributed by atoms with Gasteiger partial charge in [0.05, 0.1) is 0 Å². The van der Waals surface area contributed by atoms with E-state index in [-0.39, 0.29) is 0 Å². The molecule has 0 amide bonds. The first-order chi connectivity index (χ1) is 4.88. The third kappa shape index (κ3) is 0.968. The van der Waals surface area contributed by atoms with Gasteiger partial charge in [0.1, 0.15) is 0 Å². The molecule has 0 spiro atoms. The second-order valence-corrected chi connectivity index (χ2v) is 3.88. The summed E-state index contributed by atoms with van der Waals surface area (Å²) in [4.78, 5) is 2.56. The van der Waals surface area contributed by atoms with Crippen molar-refractivity contribution in [1.82, 2.24) is 4.90 Å². The SMILES string of the molecule is CN1CC[C@H]2CCCC[C@H]21. The van der Waals surface area contributed by atoms with Crippen molar-refractivity contribution in [2.45, 2.75) is 38.1 Å². The average molecular weight is 139 g/mol. The van der Waals surface area contributed by atoms with Crippen LogP contribution >= 0.6 is 0 Å². The van der Waals surface area contributed by atoms with Gasteiger partial charge in [-0.1, -0.05) is 12.8 Å². The number of likely N-dealkylation sites (tertiary alicyclic amines) is 1. The summed E-state index contributed by atoms with van der Waals surface area (Å²) in [6.07, 6.45) is 7.43. The van der Waals surface area contributed by atoms with Crippen LogP contribution in [0.1, 0.15) is 32.1 Å². The maximum atomic E-state index is 2.56. The molecule has 0 N–H and O–H groups in total. The predicted octanol–water partition coefficient (Wildman–Crippen LogP) is 1.88. The average Bonchev–Trinajstić information content (AvgIpc) is 2.34. The Morgan fingerprint density at radius 3 is 2.70 bits per heavy atom. The third-order valence-electron chi connectivity index (χ3n) is 3.29. The summed E-state index contributed by atoms with van der Waals surface area (Å²) in [7, 11) is 2.29. The second-order valence-electron chi connectivity index (χ2n) is 3.88. The molecule has 1 saturated heterocycles. The van der Waals surface area contributed by atoms with Crippen molar-refractivity contribution in [3.63, 3.8) is 0 Å². The molecule has 1 saturated carbocycles. The molecular formula is C9H17N. The first kappa shape index (κ1) is 6.66. The molecule has 1 aliphatic carbocycles. The Labute approximate surface area is 63.4 Å². The van der Waals surface area contributed by atoms with Crippen LogP contribution in [0.3, 0.4) is 0 Å². The van der Waals surface area contributed by atoms with Gasteiger partial charge in [-0.2, -0.15) is 0 Å². The fraction of sp³-hybridized carbons (Fsp3) is 1.00. The lowest BCUT2D eigenvalue weighted by atomic mass is 9.85. The Morgan fingerprint density at radius 1 is 1.10 bits per heavy atom. The second kappa shape index (κ2) is 2.54. The number of nitrogens with zero attached hydrogens (tertiary/aromatic N) is 1. The van der Waals surface area contributed by atoms with Gasteiger partial charge in [0.15, 0.2) is 0 Å². The van der Waals surface area contributed by atoms with Crippen molar-refractivity contribution in [1.29, 1.82) is 0 Å². The minimum atomic E-state index is 0.966. The van der Waals surface area contributed by atoms with E-state index in [9.17, 15) is 0 Å². The van der Waals surface area contributed by atoms with Crippen LogP contribution in [-0.2, 0) is 0 Å². The van der Waals surface area contributed by atoms with Gasteiger partial charge in [0.25, 0.3) is 0 Å². The minimum absolute atomic E-state index is 0.966. The fourth-order valence-corrected chi connectivity index (χ4v) is 2.64. The molecule has 0 aromatic heterocycles. The van der Waals surface area contributed by atoms with E-state index in [4.69, 9.17) is 0 Å². The number of rotatable bonds is 0. The molecule has 0 aromatic rings. The number of fused-ring (bicyclic) bond motifs is 1. The largest absolute Gasteiger partial charge is 0.303 e. The van der Waals surface area contributed by atoms with Crippen LogP contribution in [0.25, 0.3) is 0 Å². The fourth-order valence-electron chi connectivity index (χ4n) is 2.64. The molecular weight excluding hydrogens is 122 g/mol. The van der Waals surface area contributed by atoms with Crippen molar-refractivity contribution >= 4 is 0 Å². The lowest BCUT2D eigenvalue weighted by Crippen LogP contribution is -2.31. The molecule has 1 nitrogen and oxygen atoms in total. The first-order valence-corrected chi connectivity index (χ1v) is 4.58. The standard InChI is InChI=1S/C9H17N/c1-10-7-6-8-4-2-3-5-9(8)10/h8-9H,2-7H2,1H3/t8-,9-/m1/s1. The molecule has 0 unspecified atom stereocenters. The molecule has 2 atom stereocenters. The zero-order valence-corrected chi connectivity index (χ0v) is 6.84. The van der Waals surface area contributed by atoms with E-state index in [1.54, 1.807) is 0 Å². The highest BCUT2D eigenvalue weighted by atomic mass is 15.2. The molecule has 1 heteroatoms. The Balaban J connectivity index is 2.01. The zero-order valence-electron chi connectivity index (χ0n) is 6.84. The molecule has 1 aliphatic heterocycles. The quantitative estimate of drug-likeness (QED) is 0.495. The van der Waals surface area contributed by atoms with Gasteiger partial charge >= 0.3 is 0 Å². The normalized spacial score (nSPS) is 41.7. The summed E-state index contributed by atoms with van der Waals surface area (Å²) >= 11 is 0. The van der Waals surface area contributed by atoms with Crippen molar-refractivity contribution in [3.8, 4) is 0 Å². The lowest BCUT2D eigenvalue weighted by molar-refractivity contribution is 0.215. The van der Waals surface area contributed by atoms with Crippen LogP contribution in [0.4, 0.5) is 0 Å². The number of hydrogen-bond donors (Lipinski definition) is 0. The summed E-state index contributed by atoms with van der Waals surface area (Å²) in [5, 5.41) is 0. The van der Waals surface area contributed by atoms with Gasteiger partial charge < -0.3 is 4.90 Å². The topological polar surface area (TPSA) is 3.24 Å². The zero-order chi connectivity index (χ0) is 6.97. The molecule has 58 valence electrons. The van der Waals surface area contributed by atoms with E-state index in [0.29, 0.717) is 0 Å². The highest BCUT2D eigenvalue weighted by Gasteiger charge is 2.32. The van der Waals surface area contributed by atoms with Gasteiger partial charge in [-0.15, -0.1) is 0 Å². The molecule has 10 heavy (non-hydrogen) atoms. The van der Waals surface area contributed by atoms with Gasteiger partial charge in [-0.3, -0.25) is 0 Å². The van der Waals surface area contributed by atoms with E-state index >= 15 is 0 Å². The lowest BCUT2D eigenvalue weighted by Gasteiger charge is -2.28. The van der Waals surface area contributed by atoms with Crippen molar-refractivity contribution in [3.05, 3.63) is 0 Å². The van der Waals surface area contributed by atoms with Crippen LogP contribution < -0.4 is 0 Å². The Hall–Kier alpha value is -0.0400. The Bertz CT molecular complexity index is 120. The Kier molecular flexibility index (Phi) is 1.69. The van der Waals surface area contributed by atoms with Crippen LogP contribution in [0.15, 0.2) is 0 Å². The van der Waals surface area contributed by atoms with E-state index < -0.39 is 0 Å². The highest BCUT2D eigenvalue weighted by molar-refractivity contribution is 4.87. The highest BCUT2D eigenvalue weighted by Crippen LogP contribution is 2.34. The summed E-state index contributed by atoms with van der Waals surface area (Å²) in [5.74, 6) is 1.07.